The molecule has 2 unspecified atom stereocenters. The van der Waals surface area contributed by atoms with Gasteiger partial charge in [0, 0.05) is 11.9 Å². The minimum Gasteiger partial charge on any atom is -0.365 e. The fourth-order valence-corrected chi connectivity index (χ4v) is 3.18. The SMILES string of the molecule is Cc1nc2ccccc2nc1NC1CCCC1CCl. The van der Waals surface area contributed by atoms with E-state index in [1.807, 2.05) is 31.2 Å². The number of benzene rings is 1. The number of aryl methyl sites for hydroxylation is 1. The van der Waals surface area contributed by atoms with Crippen LogP contribution in [0.25, 0.3) is 11.0 Å². The third-order valence-electron chi connectivity index (χ3n) is 3.92. The van der Waals surface area contributed by atoms with Crippen LogP contribution in [0.5, 0.6) is 0 Å². The van der Waals surface area contributed by atoms with Gasteiger partial charge in [-0.3, -0.25) is 0 Å². The lowest BCUT2D eigenvalue weighted by Gasteiger charge is -2.20. The third-order valence-corrected chi connectivity index (χ3v) is 4.32. The fraction of sp³-hybridized carbons (Fsp3) is 0.467. The highest BCUT2D eigenvalue weighted by molar-refractivity contribution is 6.18. The molecule has 2 atom stereocenters. The van der Waals surface area contributed by atoms with Crippen molar-refractivity contribution in [3.8, 4) is 0 Å². The van der Waals surface area contributed by atoms with Gasteiger partial charge in [-0.25, -0.2) is 9.97 Å². The van der Waals surface area contributed by atoms with Crippen LogP contribution >= 0.6 is 11.6 Å². The highest BCUT2D eigenvalue weighted by atomic mass is 35.5. The second-order valence-corrected chi connectivity index (χ2v) is 5.55. The number of alkyl halides is 1. The second-order valence-electron chi connectivity index (χ2n) is 5.24. The number of para-hydroxylation sites is 2. The average molecular weight is 276 g/mol. The predicted molar refractivity (Wildman–Crippen MR) is 79.7 cm³/mol. The van der Waals surface area contributed by atoms with Gasteiger partial charge in [-0.1, -0.05) is 18.6 Å². The lowest BCUT2D eigenvalue weighted by molar-refractivity contribution is 0.560. The molecule has 100 valence electrons. The molecule has 1 N–H and O–H groups in total. The highest BCUT2D eigenvalue weighted by Crippen LogP contribution is 2.30. The fourth-order valence-electron chi connectivity index (χ4n) is 2.81. The standard InChI is InChI=1S/C15H18ClN3/c1-10-15(18-12-8-4-5-11(12)9-16)19-14-7-3-2-6-13(14)17-10/h2-3,6-7,11-12H,4-5,8-9H2,1H3,(H,18,19). The summed E-state index contributed by atoms with van der Waals surface area (Å²) >= 11 is 6.03. The van der Waals surface area contributed by atoms with Crippen LogP contribution in [-0.2, 0) is 0 Å². The molecule has 1 aliphatic carbocycles. The van der Waals surface area contributed by atoms with Gasteiger partial charge in [0.1, 0.15) is 5.82 Å². The topological polar surface area (TPSA) is 37.8 Å². The number of nitrogens with zero attached hydrogens (tertiary/aromatic N) is 2. The molecule has 1 saturated carbocycles. The van der Waals surface area contributed by atoms with Gasteiger partial charge in [0.2, 0.25) is 0 Å². The van der Waals surface area contributed by atoms with Gasteiger partial charge in [-0.05, 0) is 37.8 Å². The minimum absolute atomic E-state index is 0.437. The number of hydrogen-bond donors (Lipinski definition) is 1. The summed E-state index contributed by atoms with van der Waals surface area (Å²) in [6, 6.07) is 8.42. The van der Waals surface area contributed by atoms with Gasteiger partial charge in [0.05, 0.1) is 16.7 Å². The van der Waals surface area contributed by atoms with Crippen LogP contribution in [0, 0.1) is 12.8 Å². The van der Waals surface area contributed by atoms with Gasteiger partial charge in [-0.2, -0.15) is 0 Å². The average Bonchev–Trinajstić information content (AvgIpc) is 2.87. The first-order chi connectivity index (χ1) is 9.28. The first-order valence-electron chi connectivity index (χ1n) is 6.84. The Morgan fingerprint density at radius 1 is 1.21 bits per heavy atom. The number of hydrogen-bond acceptors (Lipinski definition) is 3. The molecule has 3 rings (SSSR count). The van der Waals surface area contributed by atoms with Gasteiger partial charge in [0.15, 0.2) is 0 Å². The zero-order valence-corrected chi connectivity index (χ0v) is 11.8. The maximum absolute atomic E-state index is 6.03. The number of anilines is 1. The Morgan fingerprint density at radius 2 is 1.95 bits per heavy atom. The molecule has 4 heteroatoms. The molecule has 1 heterocycles. The smallest absolute Gasteiger partial charge is 0.148 e. The molecule has 19 heavy (non-hydrogen) atoms. The predicted octanol–water partition coefficient (Wildman–Crippen LogP) is 3.76. The Labute approximate surface area is 118 Å². The Hall–Kier alpha value is -1.35. The van der Waals surface area contributed by atoms with E-state index in [4.69, 9.17) is 16.6 Å². The monoisotopic (exact) mass is 275 g/mol. The van der Waals surface area contributed by atoms with Gasteiger partial charge < -0.3 is 5.32 Å². The maximum atomic E-state index is 6.03. The molecule has 1 aromatic heterocycles. The summed E-state index contributed by atoms with van der Waals surface area (Å²) in [5, 5.41) is 3.54. The lowest BCUT2D eigenvalue weighted by Crippen LogP contribution is -2.26. The van der Waals surface area contributed by atoms with E-state index >= 15 is 0 Å². The molecule has 0 radical (unpaired) electrons. The van der Waals surface area contributed by atoms with Crippen LogP contribution in [0.15, 0.2) is 24.3 Å². The van der Waals surface area contributed by atoms with E-state index in [1.165, 1.54) is 19.3 Å². The van der Waals surface area contributed by atoms with Crippen LogP contribution in [0.4, 0.5) is 5.82 Å². The summed E-state index contributed by atoms with van der Waals surface area (Å²) in [7, 11) is 0. The van der Waals surface area contributed by atoms with E-state index in [0.717, 1.165) is 28.4 Å². The molecular weight excluding hydrogens is 258 g/mol. The van der Waals surface area contributed by atoms with Crippen molar-refractivity contribution >= 4 is 28.5 Å². The molecule has 0 bridgehead atoms. The molecule has 1 aliphatic rings. The second kappa shape index (κ2) is 5.33. The van der Waals surface area contributed by atoms with E-state index in [9.17, 15) is 0 Å². The molecule has 1 fully saturated rings. The van der Waals surface area contributed by atoms with Crippen LogP contribution in [-0.4, -0.2) is 21.9 Å². The van der Waals surface area contributed by atoms with E-state index < -0.39 is 0 Å². The summed E-state index contributed by atoms with van der Waals surface area (Å²) < 4.78 is 0. The van der Waals surface area contributed by atoms with Crippen molar-refractivity contribution in [2.45, 2.75) is 32.2 Å². The molecule has 0 spiro atoms. The van der Waals surface area contributed by atoms with Gasteiger partial charge in [0.25, 0.3) is 0 Å². The molecule has 1 aromatic carbocycles. The van der Waals surface area contributed by atoms with Crippen molar-refractivity contribution < 1.29 is 0 Å². The first kappa shape index (κ1) is 12.7. The molecular formula is C15H18ClN3. The van der Waals surface area contributed by atoms with Crippen molar-refractivity contribution in [3.05, 3.63) is 30.0 Å². The summed E-state index contributed by atoms with van der Waals surface area (Å²) in [6.07, 6.45) is 3.63. The number of fused-ring (bicyclic) bond motifs is 1. The van der Waals surface area contributed by atoms with E-state index in [0.29, 0.717) is 12.0 Å². The Bertz CT molecular complexity index is 585. The van der Waals surface area contributed by atoms with Crippen molar-refractivity contribution in [2.75, 3.05) is 11.2 Å². The quantitative estimate of drug-likeness (QED) is 0.867. The number of rotatable bonds is 3. The van der Waals surface area contributed by atoms with Crippen LogP contribution in [0.3, 0.4) is 0 Å². The summed E-state index contributed by atoms with van der Waals surface area (Å²) in [4.78, 5) is 9.30. The van der Waals surface area contributed by atoms with Gasteiger partial charge in [-0.15, -0.1) is 11.6 Å². The van der Waals surface area contributed by atoms with E-state index in [1.54, 1.807) is 0 Å². The molecule has 0 saturated heterocycles. The van der Waals surface area contributed by atoms with E-state index in [2.05, 4.69) is 10.3 Å². The molecule has 3 nitrogen and oxygen atoms in total. The van der Waals surface area contributed by atoms with Crippen LogP contribution in [0.1, 0.15) is 25.0 Å². The minimum atomic E-state index is 0.437. The highest BCUT2D eigenvalue weighted by Gasteiger charge is 2.27. The Morgan fingerprint density at radius 3 is 2.68 bits per heavy atom. The Balaban J connectivity index is 1.90. The molecule has 2 aromatic rings. The zero-order chi connectivity index (χ0) is 13.2. The van der Waals surface area contributed by atoms with Crippen molar-refractivity contribution in [1.82, 2.24) is 9.97 Å². The third kappa shape index (κ3) is 2.52. The van der Waals surface area contributed by atoms with Crippen LogP contribution < -0.4 is 5.32 Å². The van der Waals surface area contributed by atoms with Crippen molar-refractivity contribution in [2.24, 2.45) is 5.92 Å². The summed E-state index contributed by atoms with van der Waals surface area (Å²) in [5.41, 5.74) is 2.85. The first-order valence-corrected chi connectivity index (χ1v) is 7.37. The van der Waals surface area contributed by atoms with Crippen molar-refractivity contribution in [1.29, 1.82) is 0 Å². The number of aromatic nitrogens is 2. The Kier molecular flexibility index (Phi) is 3.56. The lowest BCUT2D eigenvalue weighted by atomic mass is 10.1. The summed E-state index contributed by atoms with van der Waals surface area (Å²) in [6.45, 7) is 2.01. The molecule has 0 aliphatic heterocycles. The number of nitrogens with one attached hydrogen (secondary N) is 1. The maximum Gasteiger partial charge on any atom is 0.148 e. The number of halogens is 1. The molecule has 0 amide bonds. The van der Waals surface area contributed by atoms with Crippen molar-refractivity contribution in [3.63, 3.8) is 0 Å². The zero-order valence-electron chi connectivity index (χ0n) is 11.1. The largest absolute Gasteiger partial charge is 0.365 e. The van der Waals surface area contributed by atoms with Gasteiger partial charge >= 0.3 is 0 Å². The normalized spacial score (nSPS) is 22.8. The summed E-state index contributed by atoms with van der Waals surface area (Å²) in [5.74, 6) is 2.17. The van der Waals surface area contributed by atoms with E-state index in [-0.39, 0.29) is 0 Å². The van der Waals surface area contributed by atoms with Crippen LogP contribution in [0.2, 0.25) is 0 Å².